The summed E-state index contributed by atoms with van der Waals surface area (Å²) in [6, 6.07) is 7.75. The van der Waals surface area contributed by atoms with Crippen LogP contribution in [-0.4, -0.2) is 28.1 Å². The van der Waals surface area contributed by atoms with Gasteiger partial charge in [-0.3, -0.25) is 0 Å². The van der Waals surface area contributed by atoms with Crippen molar-refractivity contribution in [2.24, 2.45) is 0 Å². The molecule has 2 rings (SSSR count). The van der Waals surface area contributed by atoms with Crippen LogP contribution >= 0.6 is 39.1 Å². The topological polar surface area (TPSA) is 61.4 Å². The van der Waals surface area contributed by atoms with E-state index in [4.69, 9.17) is 23.2 Å². The van der Waals surface area contributed by atoms with Gasteiger partial charge in [0, 0.05) is 24.1 Å². The minimum Gasteiger partial charge on any atom is -0.368 e. The van der Waals surface area contributed by atoms with Crippen LogP contribution in [0.3, 0.4) is 0 Å². The van der Waals surface area contributed by atoms with Gasteiger partial charge in [-0.1, -0.05) is 46.1 Å². The van der Waals surface area contributed by atoms with Crippen LogP contribution in [0.4, 0.5) is 18.9 Å². The lowest BCUT2D eigenvalue weighted by Gasteiger charge is -2.27. The highest BCUT2D eigenvalue weighted by Gasteiger charge is 2.32. The molecule has 0 saturated carbocycles. The van der Waals surface area contributed by atoms with E-state index in [0.29, 0.717) is 13.0 Å². The van der Waals surface area contributed by atoms with Crippen molar-refractivity contribution in [2.75, 3.05) is 24.5 Å². The van der Waals surface area contributed by atoms with Crippen molar-refractivity contribution >= 4 is 54.8 Å². The number of hydrogen-bond donors (Lipinski definition) is 2. The summed E-state index contributed by atoms with van der Waals surface area (Å²) in [5, 5.41) is -0.252. The maximum atomic E-state index is 12.9. The second kappa shape index (κ2) is 10.5. The van der Waals surface area contributed by atoms with Crippen molar-refractivity contribution in [1.29, 1.82) is 0 Å². The Morgan fingerprint density at radius 1 is 1.07 bits per heavy atom. The van der Waals surface area contributed by atoms with E-state index in [-0.39, 0.29) is 33.7 Å². The third-order valence-electron chi connectivity index (χ3n) is 3.99. The monoisotopic (exact) mass is 547 g/mol. The van der Waals surface area contributed by atoms with Crippen molar-refractivity contribution < 1.29 is 21.6 Å². The summed E-state index contributed by atoms with van der Waals surface area (Å²) in [7, 11) is -3.77. The normalized spacial score (nSPS) is 12.2. The SMILES string of the molecule is CCCN(CCNNS(=O)(=O)c1ccc(Br)cc1)c1c(Cl)cc(C(F)(F)F)cc1Cl. The Kier molecular flexibility index (Phi) is 8.84. The lowest BCUT2D eigenvalue weighted by Crippen LogP contribution is -2.42. The molecule has 0 fully saturated rings. The third kappa shape index (κ3) is 6.73. The van der Waals surface area contributed by atoms with E-state index >= 15 is 0 Å². The number of halogens is 6. The maximum absolute atomic E-state index is 12.9. The number of benzene rings is 2. The summed E-state index contributed by atoms with van der Waals surface area (Å²) in [6.07, 6.45) is -3.88. The number of hydrazine groups is 1. The zero-order valence-electron chi connectivity index (χ0n) is 15.7. The summed E-state index contributed by atoms with van der Waals surface area (Å²) in [5.41, 5.74) is 1.95. The van der Waals surface area contributed by atoms with Crippen LogP contribution in [-0.2, 0) is 16.2 Å². The number of rotatable bonds is 9. The Morgan fingerprint density at radius 3 is 2.13 bits per heavy atom. The van der Waals surface area contributed by atoms with Crippen LogP contribution in [0, 0.1) is 0 Å². The average Bonchev–Trinajstić information content (AvgIpc) is 2.64. The number of hydrogen-bond acceptors (Lipinski definition) is 4. The molecule has 0 aromatic heterocycles. The molecule has 0 saturated heterocycles. The minimum absolute atomic E-state index is 0.0810. The molecule has 2 aromatic carbocycles. The predicted molar refractivity (Wildman–Crippen MR) is 116 cm³/mol. The first-order valence-electron chi connectivity index (χ1n) is 8.77. The largest absolute Gasteiger partial charge is 0.416 e. The van der Waals surface area contributed by atoms with Gasteiger partial charge >= 0.3 is 6.18 Å². The molecule has 30 heavy (non-hydrogen) atoms. The van der Waals surface area contributed by atoms with Gasteiger partial charge < -0.3 is 4.90 Å². The molecule has 0 radical (unpaired) electrons. The molecule has 0 aliphatic carbocycles. The smallest absolute Gasteiger partial charge is 0.368 e. The van der Waals surface area contributed by atoms with Crippen LogP contribution in [0.1, 0.15) is 18.9 Å². The van der Waals surface area contributed by atoms with E-state index in [0.717, 1.165) is 16.6 Å². The fraction of sp³-hybridized carbons (Fsp3) is 0.333. The standard InChI is InChI=1S/C18H19BrCl2F3N3O2S/c1-2-8-27(17-15(20)10-12(11-16(17)21)18(22,23)24)9-7-25-26-30(28,29)14-5-3-13(19)4-6-14/h3-6,10-11,25-26H,2,7-9H2,1H3. The number of sulfonamides is 1. The Morgan fingerprint density at radius 2 is 1.63 bits per heavy atom. The molecule has 5 nitrogen and oxygen atoms in total. The summed E-state index contributed by atoms with van der Waals surface area (Å²) in [5.74, 6) is 0. The summed E-state index contributed by atoms with van der Waals surface area (Å²) < 4.78 is 64.1. The van der Waals surface area contributed by atoms with Gasteiger partial charge in [-0.25, -0.2) is 13.8 Å². The molecule has 0 aliphatic rings. The maximum Gasteiger partial charge on any atom is 0.416 e. The highest BCUT2D eigenvalue weighted by molar-refractivity contribution is 9.10. The van der Waals surface area contributed by atoms with Crippen LogP contribution in [0.25, 0.3) is 0 Å². The first-order valence-corrected chi connectivity index (χ1v) is 11.8. The molecule has 0 heterocycles. The Balaban J connectivity index is 2.07. The van der Waals surface area contributed by atoms with Crippen LogP contribution in [0.2, 0.25) is 10.0 Å². The van der Waals surface area contributed by atoms with Crippen LogP contribution < -0.4 is 15.2 Å². The first kappa shape index (κ1) is 25.2. The van der Waals surface area contributed by atoms with Crippen LogP contribution in [0.15, 0.2) is 45.8 Å². The van der Waals surface area contributed by atoms with E-state index in [1.54, 1.807) is 17.0 Å². The van der Waals surface area contributed by atoms with E-state index in [1.807, 2.05) is 6.92 Å². The quantitative estimate of drug-likeness (QED) is 0.322. The van der Waals surface area contributed by atoms with Crippen molar-refractivity contribution in [2.45, 2.75) is 24.4 Å². The Bertz CT molecular complexity index is 951. The van der Waals surface area contributed by atoms with E-state index in [2.05, 4.69) is 26.2 Å². The molecule has 12 heteroatoms. The molecule has 0 atom stereocenters. The van der Waals surface area contributed by atoms with Crippen molar-refractivity contribution in [3.63, 3.8) is 0 Å². The predicted octanol–water partition coefficient (Wildman–Crippen LogP) is 5.47. The number of nitrogens with one attached hydrogen (secondary N) is 2. The third-order valence-corrected chi connectivity index (χ3v) is 6.40. The summed E-state index contributed by atoms with van der Waals surface area (Å²) in [4.78, 5) is 4.05. The summed E-state index contributed by atoms with van der Waals surface area (Å²) in [6.45, 7) is 2.76. The molecule has 0 aliphatic heterocycles. The van der Waals surface area contributed by atoms with E-state index in [9.17, 15) is 21.6 Å². The molecule has 2 N–H and O–H groups in total. The Hall–Kier alpha value is -1.04. The lowest BCUT2D eigenvalue weighted by atomic mass is 10.1. The van der Waals surface area contributed by atoms with Crippen molar-refractivity contribution in [3.05, 3.63) is 56.5 Å². The highest BCUT2D eigenvalue weighted by atomic mass is 79.9. The first-order chi connectivity index (χ1) is 14.0. The molecule has 0 bridgehead atoms. The second-order valence-corrected chi connectivity index (χ2v) is 9.67. The molecule has 2 aromatic rings. The number of anilines is 1. The highest BCUT2D eigenvalue weighted by Crippen LogP contribution is 2.40. The van der Waals surface area contributed by atoms with Crippen molar-refractivity contribution in [3.8, 4) is 0 Å². The fourth-order valence-electron chi connectivity index (χ4n) is 2.65. The lowest BCUT2D eigenvalue weighted by molar-refractivity contribution is -0.137. The zero-order chi connectivity index (χ0) is 22.5. The fourth-order valence-corrected chi connectivity index (χ4v) is 4.54. The van der Waals surface area contributed by atoms with Crippen LogP contribution in [0.5, 0.6) is 0 Å². The van der Waals surface area contributed by atoms with Gasteiger partial charge in [0.05, 0.1) is 26.2 Å². The zero-order valence-corrected chi connectivity index (χ0v) is 19.6. The molecule has 0 spiro atoms. The van der Waals surface area contributed by atoms with Gasteiger partial charge in [-0.05, 0) is 42.8 Å². The van der Waals surface area contributed by atoms with E-state index in [1.165, 1.54) is 12.1 Å². The van der Waals surface area contributed by atoms with E-state index < -0.39 is 21.8 Å². The molecular formula is C18H19BrCl2F3N3O2S. The number of nitrogens with zero attached hydrogens (tertiary/aromatic N) is 1. The van der Waals surface area contributed by atoms with Gasteiger partial charge in [0.2, 0.25) is 0 Å². The molecular weight excluding hydrogens is 530 g/mol. The minimum atomic E-state index is -4.56. The molecule has 0 unspecified atom stereocenters. The van der Waals surface area contributed by atoms with Crippen molar-refractivity contribution in [1.82, 2.24) is 10.3 Å². The Labute approximate surface area is 191 Å². The number of alkyl halides is 3. The summed E-state index contributed by atoms with van der Waals surface area (Å²) >= 11 is 15.4. The van der Waals surface area contributed by atoms with Gasteiger partial charge in [0.25, 0.3) is 10.0 Å². The molecule has 0 amide bonds. The molecule has 166 valence electrons. The van der Waals surface area contributed by atoms with Gasteiger partial charge in [0.1, 0.15) is 0 Å². The second-order valence-electron chi connectivity index (χ2n) is 6.26. The average molecular weight is 549 g/mol. The van der Waals surface area contributed by atoms with Gasteiger partial charge in [-0.2, -0.15) is 13.2 Å². The van der Waals surface area contributed by atoms with Gasteiger partial charge in [0.15, 0.2) is 0 Å². The van der Waals surface area contributed by atoms with Gasteiger partial charge in [-0.15, -0.1) is 4.83 Å².